The van der Waals surface area contributed by atoms with E-state index < -0.39 is 0 Å². The van der Waals surface area contributed by atoms with E-state index in [1.165, 1.54) is 5.57 Å². The van der Waals surface area contributed by atoms with Crippen LogP contribution < -0.4 is 15.5 Å². The summed E-state index contributed by atoms with van der Waals surface area (Å²) in [6.45, 7) is 13.7. The van der Waals surface area contributed by atoms with E-state index in [0.717, 1.165) is 30.8 Å². The van der Waals surface area contributed by atoms with Crippen LogP contribution in [0.5, 0.6) is 0 Å². The van der Waals surface area contributed by atoms with Gasteiger partial charge in [0, 0.05) is 26.6 Å². The van der Waals surface area contributed by atoms with Gasteiger partial charge in [0.15, 0.2) is 5.82 Å². The van der Waals surface area contributed by atoms with E-state index in [0.29, 0.717) is 43.0 Å². The Bertz CT molecular complexity index is 923. The smallest absolute Gasteiger partial charge is 0.247 e. The molecule has 4 rings (SSSR count). The molecule has 3 aliphatic rings. The SMILES string of the molecule is C=C1CCC(C)C(CC(=O)N2CC(Nc3nc(C)c4c(n3)N(C)C(C(C)C)C(=O)N4)C2)C1. The predicted molar refractivity (Wildman–Crippen MR) is 127 cm³/mol. The Morgan fingerprint density at radius 1 is 1.31 bits per heavy atom. The fourth-order valence-electron chi connectivity index (χ4n) is 5.20. The summed E-state index contributed by atoms with van der Waals surface area (Å²) in [6, 6.07) is -0.126. The second kappa shape index (κ2) is 8.71. The lowest BCUT2D eigenvalue weighted by molar-refractivity contribution is -0.136. The number of anilines is 3. The molecule has 1 saturated carbocycles. The molecule has 8 nitrogen and oxygen atoms in total. The molecule has 1 aromatic heterocycles. The van der Waals surface area contributed by atoms with Gasteiger partial charge in [0.2, 0.25) is 17.8 Å². The maximum atomic E-state index is 12.8. The van der Waals surface area contributed by atoms with Crippen molar-refractivity contribution in [1.82, 2.24) is 14.9 Å². The van der Waals surface area contributed by atoms with E-state index in [9.17, 15) is 9.59 Å². The predicted octanol–water partition coefficient (Wildman–Crippen LogP) is 3.20. The summed E-state index contributed by atoms with van der Waals surface area (Å²) in [5.74, 6) is 2.65. The molecular formula is C24H36N6O2. The number of aromatic nitrogens is 2. The number of rotatable bonds is 5. The first-order valence-corrected chi connectivity index (χ1v) is 11.8. The van der Waals surface area contributed by atoms with Crippen LogP contribution in [0, 0.1) is 24.7 Å². The Morgan fingerprint density at radius 2 is 2.03 bits per heavy atom. The lowest BCUT2D eigenvalue weighted by atomic mass is 9.76. The van der Waals surface area contributed by atoms with Crippen molar-refractivity contribution in [2.24, 2.45) is 17.8 Å². The summed E-state index contributed by atoms with van der Waals surface area (Å²) < 4.78 is 0. The molecule has 2 N–H and O–H groups in total. The van der Waals surface area contributed by atoms with Gasteiger partial charge in [0.1, 0.15) is 11.7 Å². The molecule has 0 aromatic carbocycles. The normalized spacial score (nSPS) is 26.0. The van der Waals surface area contributed by atoms with Crippen LogP contribution in [0.25, 0.3) is 0 Å². The standard InChI is InChI=1S/C24H36N6O2/c1-13(2)21-23(32)27-20-16(5)25-24(28-22(20)29(21)6)26-18-11-30(12-18)19(31)10-17-9-14(3)7-8-15(17)4/h13,15,17-18,21H,3,7-12H2,1-2,4-6H3,(H,27,32)(H,25,26,28). The van der Waals surface area contributed by atoms with Crippen molar-refractivity contribution >= 4 is 29.3 Å². The van der Waals surface area contributed by atoms with Gasteiger partial charge < -0.3 is 20.4 Å². The van der Waals surface area contributed by atoms with E-state index >= 15 is 0 Å². The molecule has 2 aliphatic heterocycles. The summed E-state index contributed by atoms with van der Waals surface area (Å²) in [5, 5.41) is 6.35. The lowest BCUT2D eigenvalue weighted by Gasteiger charge is -2.41. The molecular weight excluding hydrogens is 404 g/mol. The zero-order valence-corrected chi connectivity index (χ0v) is 19.9. The van der Waals surface area contributed by atoms with E-state index in [2.05, 4.69) is 29.1 Å². The number of aryl methyl sites for hydroxylation is 1. The highest BCUT2D eigenvalue weighted by molar-refractivity contribution is 6.03. The first-order chi connectivity index (χ1) is 15.1. The van der Waals surface area contributed by atoms with Crippen LogP contribution in [-0.2, 0) is 9.59 Å². The van der Waals surface area contributed by atoms with Crippen LogP contribution in [-0.4, -0.2) is 58.9 Å². The monoisotopic (exact) mass is 440 g/mol. The Labute approximate surface area is 190 Å². The summed E-state index contributed by atoms with van der Waals surface area (Å²) in [6.07, 6.45) is 3.83. The fraction of sp³-hybridized carbons (Fsp3) is 0.667. The summed E-state index contributed by atoms with van der Waals surface area (Å²) >= 11 is 0. The highest BCUT2D eigenvalue weighted by Gasteiger charge is 2.37. The Kier molecular flexibility index (Phi) is 6.14. The summed E-state index contributed by atoms with van der Waals surface area (Å²) in [5.41, 5.74) is 2.69. The molecule has 0 spiro atoms. The maximum Gasteiger partial charge on any atom is 0.247 e. The second-order valence-electron chi connectivity index (χ2n) is 10.2. The molecule has 2 fully saturated rings. The van der Waals surface area contributed by atoms with Gasteiger partial charge in [-0.15, -0.1) is 0 Å². The van der Waals surface area contributed by atoms with Crippen LogP contribution >= 0.6 is 0 Å². The minimum atomic E-state index is -0.264. The Hall–Kier alpha value is -2.64. The van der Waals surface area contributed by atoms with Crippen molar-refractivity contribution in [3.63, 3.8) is 0 Å². The number of hydrogen-bond acceptors (Lipinski definition) is 6. The largest absolute Gasteiger partial charge is 0.348 e. The van der Waals surface area contributed by atoms with Gasteiger partial charge in [-0.2, -0.15) is 4.98 Å². The molecule has 0 bridgehead atoms. The third-order valence-corrected chi connectivity index (χ3v) is 7.28. The molecule has 0 radical (unpaired) electrons. The third-order valence-electron chi connectivity index (χ3n) is 7.28. The number of nitrogens with one attached hydrogen (secondary N) is 2. The number of likely N-dealkylation sites (tertiary alicyclic amines) is 1. The zero-order chi connectivity index (χ0) is 23.2. The zero-order valence-electron chi connectivity index (χ0n) is 19.9. The molecule has 32 heavy (non-hydrogen) atoms. The molecule has 174 valence electrons. The number of nitrogens with zero attached hydrogens (tertiary/aromatic N) is 4. The molecule has 3 unspecified atom stereocenters. The first kappa shape index (κ1) is 22.6. The van der Waals surface area contributed by atoms with Crippen molar-refractivity contribution in [2.45, 2.75) is 65.5 Å². The van der Waals surface area contributed by atoms with Crippen LogP contribution in [0.4, 0.5) is 17.5 Å². The molecule has 1 aromatic rings. The fourth-order valence-corrected chi connectivity index (χ4v) is 5.20. The Balaban J connectivity index is 1.36. The number of allylic oxidation sites excluding steroid dienone is 1. The van der Waals surface area contributed by atoms with Crippen molar-refractivity contribution in [3.8, 4) is 0 Å². The van der Waals surface area contributed by atoms with Gasteiger partial charge in [-0.05, 0) is 43.9 Å². The van der Waals surface area contributed by atoms with Gasteiger partial charge >= 0.3 is 0 Å². The molecule has 3 heterocycles. The van der Waals surface area contributed by atoms with Gasteiger partial charge in [-0.25, -0.2) is 4.98 Å². The van der Waals surface area contributed by atoms with E-state index in [4.69, 9.17) is 4.98 Å². The molecule has 2 amide bonds. The summed E-state index contributed by atoms with van der Waals surface area (Å²) in [4.78, 5) is 38.4. The first-order valence-electron chi connectivity index (χ1n) is 11.8. The van der Waals surface area contributed by atoms with Crippen LogP contribution in [0.15, 0.2) is 12.2 Å². The van der Waals surface area contributed by atoms with Crippen LogP contribution in [0.2, 0.25) is 0 Å². The average Bonchev–Trinajstić information content (AvgIpc) is 2.68. The van der Waals surface area contributed by atoms with Crippen molar-refractivity contribution in [1.29, 1.82) is 0 Å². The molecule has 8 heteroatoms. The number of amides is 2. The van der Waals surface area contributed by atoms with Crippen LogP contribution in [0.3, 0.4) is 0 Å². The van der Waals surface area contributed by atoms with E-state index in [-0.39, 0.29) is 29.8 Å². The number of likely N-dealkylation sites (N-methyl/N-ethyl adjacent to an activating group) is 1. The highest BCUT2D eigenvalue weighted by Crippen LogP contribution is 2.36. The van der Waals surface area contributed by atoms with Gasteiger partial charge in [0.25, 0.3) is 0 Å². The van der Waals surface area contributed by atoms with Crippen molar-refractivity contribution in [3.05, 3.63) is 17.8 Å². The van der Waals surface area contributed by atoms with Crippen molar-refractivity contribution in [2.75, 3.05) is 35.7 Å². The molecule has 1 saturated heterocycles. The minimum Gasteiger partial charge on any atom is -0.348 e. The Morgan fingerprint density at radius 3 is 2.72 bits per heavy atom. The third kappa shape index (κ3) is 4.32. The quantitative estimate of drug-likeness (QED) is 0.684. The minimum absolute atomic E-state index is 0.0218. The van der Waals surface area contributed by atoms with E-state index in [1.54, 1.807) is 0 Å². The second-order valence-corrected chi connectivity index (χ2v) is 10.2. The number of hydrogen-bond donors (Lipinski definition) is 2. The number of fused-ring (bicyclic) bond motifs is 1. The molecule has 1 aliphatic carbocycles. The lowest BCUT2D eigenvalue weighted by Crippen LogP contribution is -2.57. The van der Waals surface area contributed by atoms with Gasteiger partial charge in [-0.3, -0.25) is 9.59 Å². The van der Waals surface area contributed by atoms with E-state index in [1.807, 2.05) is 37.6 Å². The maximum absolute atomic E-state index is 12.8. The summed E-state index contributed by atoms with van der Waals surface area (Å²) in [7, 11) is 1.91. The number of carbonyl (C=O) groups excluding carboxylic acids is 2. The molecule has 3 atom stereocenters. The van der Waals surface area contributed by atoms with Gasteiger partial charge in [-0.1, -0.05) is 32.9 Å². The highest BCUT2D eigenvalue weighted by atomic mass is 16.2. The topological polar surface area (TPSA) is 90.5 Å². The van der Waals surface area contributed by atoms with Crippen LogP contribution in [0.1, 0.15) is 52.1 Å². The van der Waals surface area contributed by atoms with Gasteiger partial charge in [0.05, 0.1) is 11.7 Å². The van der Waals surface area contributed by atoms with Crippen molar-refractivity contribution < 1.29 is 9.59 Å². The average molecular weight is 441 g/mol. The number of carbonyl (C=O) groups is 2.